The first-order chi connectivity index (χ1) is 8.90. The molecule has 0 aliphatic rings. The van der Waals surface area contributed by atoms with Crippen molar-refractivity contribution < 1.29 is 13.6 Å². The second-order valence-corrected chi connectivity index (χ2v) is 5.04. The van der Waals surface area contributed by atoms with Crippen molar-refractivity contribution in [1.29, 1.82) is 0 Å². The SMILES string of the molecule is Cc1c(N)cc(Br)cc1C(=O)c1cc(F)ccc1F. The van der Waals surface area contributed by atoms with Gasteiger partial charge < -0.3 is 5.73 Å². The summed E-state index contributed by atoms with van der Waals surface area (Å²) in [5, 5.41) is 0. The van der Waals surface area contributed by atoms with Crippen molar-refractivity contribution in [2.24, 2.45) is 0 Å². The molecular weight excluding hydrogens is 316 g/mol. The quantitative estimate of drug-likeness (QED) is 0.673. The summed E-state index contributed by atoms with van der Waals surface area (Å²) in [5.74, 6) is -2.02. The number of ketones is 1. The average Bonchev–Trinajstić information content (AvgIpc) is 2.36. The number of rotatable bonds is 2. The highest BCUT2D eigenvalue weighted by atomic mass is 79.9. The van der Waals surface area contributed by atoms with Crippen molar-refractivity contribution in [3.8, 4) is 0 Å². The number of carbonyl (C=O) groups is 1. The van der Waals surface area contributed by atoms with Gasteiger partial charge in [0.15, 0.2) is 5.78 Å². The molecule has 0 aliphatic carbocycles. The van der Waals surface area contributed by atoms with Gasteiger partial charge in [-0.05, 0) is 42.8 Å². The van der Waals surface area contributed by atoms with E-state index < -0.39 is 17.4 Å². The molecule has 2 N–H and O–H groups in total. The third-order valence-electron chi connectivity index (χ3n) is 2.83. The standard InChI is InChI=1S/C14H10BrF2NO/c1-7-10(4-8(15)5-13(7)18)14(19)11-6-9(16)2-3-12(11)17/h2-6H,18H2,1H3. The predicted molar refractivity (Wildman–Crippen MR) is 73.1 cm³/mol. The van der Waals surface area contributed by atoms with E-state index in [0.29, 0.717) is 15.7 Å². The minimum atomic E-state index is -0.760. The molecule has 19 heavy (non-hydrogen) atoms. The van der Waals surface area contributed by atoms with Crippen LogP contribution in [-0.2, 0) is 0 Å². The van der Waals surface area contributed by atoms with E-state index in [0.717, 1.165) is 18.2 Å². The van der Waals surface area contributed by atoms with Gasteiger partial charge in [-0.3, -0.25) is 4.79 Å². The summed E-state index contributed by atoms with van der Waals surface area (Å²) in [5.41, 5.74) is 6.65. The van der Waals surface area contributed by atoms with E-state index in [-0.39, 0.29) is 11.1 Å². The Balaban J connectivity index is 2.59. The predicted octanol–water partition coefficient (Wildman–Crippen LogP) is 3.85. The Morgan fingerprint density at radius 3 is 2.53 bits per heavy atom. The molecule has 0 spiro atoms. The first kappa shape index (κ1) is 13.7. The van der Waals surface area contributed by atoms with Gasteiger partial charge in [-0.2, -0.15) is 0 Å². The summed E-state index contributed by atoms with van der Waals surface area (Å²) in [4.78, 5) is 12.3. The van der Waals surface area contributed by atoms with Gasteiger partial charge in [0.25, 0.3) is 0 Å². The molecule has 0 saturated heterocycles. The number of nitrogens with two attached hydrogens (primary N) is 1. The molecule has 2 aromatic rings. The number of hydrogen-bond donors (Lipinski definition) is 1. The molecule has 2 rings (SSSR count). The minimum Gasteiger partial charge on any atom is -0.398 e. The van der Waals surface area contributed by atoms with E-state index in [1.54, 1.807) is 19.1 Å². The van der Waals surface area contributed by atoms with E-state index in [4.69, 9.17) is 5.73 Å². The van der Waals surface area contributed by atoms with Crippen molar-refractivity contribution >= 4 is 27.4 Å². The lowest BCUT2D eigenvalue weighted by Gasteiger charge is -2.09. The second kappa shape index (κ2) is 5.09. The maximum absolute atomic E-state index is 13.6. The molecule has 5 heteroatoms. The number of halogens is 3. The van der Waals surface area contributed by atoms with Gasteiger partial charge in [-0.15, -0.1) is 0 Å². The third-order valence-corrected chi connectivity index (χ3v) is 3.29. The normalized spacial score (nSPS) is 10.5. The molecule has 0 heterocycles. The van der Waals surface area contributed by atoms with Crippen LogP contribution in [0.2, 0.25) is 0 Å². The van der Waals surface area contributed by atoms with Gasteiger partial charge in [0, 0.05) is 15.7 Å². The van der Waals surface area contributed by atoms with Crippen LogP contribution in [0.1, 0.15) is 21.5 Å². The van der Waals surface area contributed by atoms with E-state index >= 15 is 0 Å². The van der Waals surface area contributed by atoms with Crippen LogP contribution in [0, 0.1) is 18.6 Å². The molecule has 2 aromatic carbocycles. The summed E-state index contributed by atoms with van der Waals surface area (Å²) in [6, 6.07) is 5.97. The number of hydrogen-bond acceptors (Lipinski definition) is 2. The molecule has 0 radical (unpaired) electrons. The van der Waals surface area contributed by atoms with Gasteiger partial charge in [0.2, 0.25) is 0 Å². The van der Waals surface area contributed by atoms with Crippen LogP contribution in [0.4, 0.5) is 14.5 Å². The highest BCUT2D eigenvalue weighted by Gasteiger charge is 2.18. The van der Waals surface area contributed by atoms with Crippen molar-refractivity contribution in [3.05, 3.63) is 63.1 Å². The van der Waals surface area contributed by atoms with E-state index in [2.05, 4.69) is 15.9 Å². The summed E-state index contributed by atoms with van der Waals surface area (Å²) in [6.45, 7) is 1.66. The molecule has 0 amide bonds. The topological polar surface area (TPSA) is 43.1 Å². The van der Waals surface area contributed by atoms with Crippen LogP contribution >= 0.6 is 15.9 Å². The third kappa shape index (κ3) is 2.66. The lowest BCUT2D eigenvalue weighted by atomic mass is 9.97. The number of anilines is 1. The zero-order chi connectivity index (χ0) is 14.2. The minimum absolute atomic E-state index is 0.247. The van der Waals surface area contributed by atoms with Gasteiger partial charge in [0.05, 0.1) is 5.56 Å². The Labute approximate surface area is 117 Å². The van der Waals surface area contributed by atoms with Crippen LogP contribution in [0.3, 0.4) is 0 Å². The fourth-order valence-corrected chi connectivity index (χ4v) is 2.23. The maximum Gasteiger partial charge on any atom is 0.196 e. The van der Waals surface area contributed by atoms with Crippen molar-refractivity contribution in [1.82, 2.24) is 0 Å². The summed E-state index contributed by atoms with van der Waals surface area (Å²) < 4.78 is 27.3. The first-order valence-electron chi connectivity index (χ1n) is 5.45. The van der Waals surface area contributed by atoms with Crippen LogP contribution in [-0.4, -0.2) is 5.78 Å². The smallest absolute Gasteiger partial charge is 0.196 e. The molecule has 0 aliphatic heterocycles. The van der Waals surface area contributed by atoms with E-state index in [1.807, 2.05) is 0 Å². The maximum atomic E-state index is 13.6. The molecule has 0 unspecified atom stereocenters. The van der Waals surface area contributed by atoms with Crippen LogP contribution in [0.25, 0.3) is 0 Å². The Morgan fingerprint density at radius 1 is 1.16 bits per heavy atom. The van der Waals surface area contributed by atoms with Crippen LogP contribution < -0.4 is 5.73 Å². The number of nitrogen functional groups attached to an aromatic ring is 1. The van der Waals surface area contributed by atoms with Crippen LogP contribution in [0.15, 0.2) is 34.8 Å². The van der Waals surface area contributed by atoms with E-state index in [9.17, 15) is 13.6 Å². The zero-order valence-corrected chi connectivity index (χ0v) is 11.6. The average molecular weight is 326 g/mol. The Hall–Kier alpha value is -1.75. The zero-order valence-electron chi connectivity index (χ0n) is 10.0. The fourth-order valence-electron chi connectivity index (χ4n) is 1.75. The fraction of sp³-hybridized carbons (Fsp3) is 0.0714. The van der Waals surface area contributed by atoms with Gasteiger partial charge >= 0.3 is 0 Å². The highest BCUT2D eigenvalue weighted by Crippen LogP contribution is 2.25. The monoisotopic (exact) mass is 325 g/mol. The highest BCUT2D eigenvalue weighted by molar-refractivity contribution is 9.10. The Bertz CT molecular complexity index is 671. The lowest BCUT2D eigenvalue weighted by molar-refractivity contribution is 0.103. The largest absolute Gasteiger partial charge is 0.398 e. The molecule has 2 nitrogen and oxygen atoms in total. The molecule has 0 fully saturated rings. The second-order valence-electron chi connectivity index (χ2n) is 4.12. The summed E-state index contributed by atoms with van der Waals surface area (Å²) in [7, 11) is 0. The number of benzene rings is 2. The molecule has 0 atom stereocenters. The molecule has 98 valence electrons. The summed E-state index contributed by atoms with van der Waals surface area (Å²) in [6.07, 6.45) is 0. The molecule has 0 saturated carbocycles. The Morgan fingerprint density at radius 2 is 1.84 bits per heavy atom. The van der Waals surface area contributed by atoms with Gasteiger partial charge in [-0.1, -0.05) is 15.9 Å². The Kier molecular flexibility index (Phi) is 3.66. The van der Waals surface area contributed by atoms with Crippen LogP contribution in [0.5, 0.6) is 0 Å². The molecular formula is C14H10BrF2NO. The van der Waals surface area contributed by atoms with Crippen molar-refractivity contribution in [2.45, 2.75) is 6.92 Å². The van der Waals surface area contributed by atoms with Gasteiger partial charge in [0.1, 0.15) is 11.6 Å². The molecule has 0 bridgehead atoms. The van der Waals surface area contributed by atoms with E-state index in [1.165, 1.54) is 0 Å². The molecule has 0 aromatic heterocycles. The summed E-state index contributed by atoms with van der Waals surface area (Å²) >= 11 is 3.22. The van der Waals surface area contributed by atoms with Crippen molar-refractivity contribution in [2.75, 3.05) is 5.73 Å². The van der Waals surface area contributed by atoms with Crippen molar-refractivity contribution in [3.63, 3.8) is 0 Å². The van der Waals surface area contributed by atoms with Gasteiger partial charge in [-0.25, -0.2) is 8.78 Å². The first-order valence-corrected chi connectivity index (χ1v) is 6.25. The number of carbonyl (C=O) groups excluding carboxylic acids is 1. The lowest BCUT2D eigenvalue weighted by Crippen LogP contribution is -2.08.